The van der Waals surface area contributed by atoms with Crippen molar-refractivity contribution in [3.8, 4) is 11.1 Å². The molecule has 32 nitrogen and oxygen atoms in total. The standard InChI is InChI=1S/C35H44N8O3.C16H22BrN5O2.C10H16N4O3.C10H18N4O.C6H5Br2NO/c1-6-26-27(8-9-36-32(26)42-13-12-41-29(34(42)45)17-23-19-35(2,3)20-30(23)41)24-16-28(33(44)39(4)21-24)37-31-18-25-22-40(10-7-15-46-5)11-14-43(25)38-31;1-20-10-12(17)8-14(16(20)23)18-15-9-13-11-21(4-3-7-24-2)5-6-22(13)19-15;1-17-6-2-3-12-4-5-13-9(8-12)7-10(11-13)14(15)16;1-15-6-2-3-13-4-5-14-9(8-13)7-10(11)12-14;1-9-3-4(7)2-5(8)6(9)10/h8-9,16-18,21H,6-7,10-15,19-20,22H2,1-5H3,(H,37,38);8-10H,3-7,11H2,1-2H3,(H,18,19);7H,2-6,8H2,1H3;7H,2-6,8H2,1H3,(H2,11,12);2-3H,1H3. The van der Waals surface area contributed by atoms with Gasteiger partial charge in [0.1, 0.15) is 28.7 Å². The molecule has 5 aliphatic heterocycles. The largest absolute Gasteiger partial charge is 0.390 e. The van der Waals surface area contributed by atoms with E-state index >= 15 is 0 Å². The van der Waals surface area contributed by atoms with Gasteiger partial charge in [-0.25, -0.2) is 4.98 Å². The number of nitrogen functional groups attached to an aromatic ring is 1. The van der Waals surface area contributed by atoms with E-state index in [0.717, 1.165) is 225 Å². The van der Waals surface area contributed by atoms with Gasteiger partial charge in [0.15, 0.2) is 11.6 Å². The number of carbonyl (C=O) groups is 1. The van der Waals surface area contributed by atoms with E-state index in [-0.39, 0.29) is 33.8 Å². The Hall–Kier alpha value is -8.49. The second-order valence-electron chi connectivity index (χ2n) is 29.6. The number of hydrogen-bond donors (Lipinski definition) is 3. The molecule has 0 aromatic carbocycles. The maximum absolute atomic E-state index is 13.9. The minimum Gasteiger partial charge on any atom is -0.385 e. The van der Waals surface area contributed by atoms with Gasteiger partial charge < -0.3 is 63.7 Å². The summed E-state index contributed by atoms with van der Waals surface area (Å²) in [5.74, 6) is 2.63. The first-order valence-corrected chi connectivity index (χ1v) is 40.4. The van der Waals surface area contributed by atoms with E-state index < -0.39 is 4.92 Å². The number of halogens is 3. The van der Waals surface area contributed by atoms with Gasteiger partial charge in [-0.05, 0) is 145 Å². The van der Waals surface area contributed by atoms with Gasteiger partial charge in [-0.3, -0.25) is 57.7 Å². The number of aromatic nitrogens is 13. The van der Waals surface area contributed by atoms with Crippen molar-refractivity contribution in [1.29, 1.82) is 0 Å². The molecule has 35 heteroatoms. The summed E-state index contributed by atoms with van der Waals surface area (Å²) in [6.07, 6.45) is 13.9. The summed E-state index contributed by atoms with van der Waals surface area (Å²) in [4.78, 5) is 76.7. The minimum absolute atomic E-state index is 0.00151. The fourth-order valence-electron chi connectivity index (χ4n) is 15.1. The van der Waals surface area contributed by atoms with E-state index in [4.69, 9.17) is 34.8 Å². The molecule has 0 atom stereocenters. The number of fused-ring (bicyclic) bond motifs is 7. The highest BCUT2D eigenvalue weighted by Gasteiger charge is 2.38. The first kappa shape index (κ1) is 84.4. The molecular weight excluding hydrogens is 1630 g/mol. The van der Waals surface area contributed by atoms with E-state index in [2.05, 4.69) is 125 Å². The predicted octanol–water partition coefficient (Wildman–Crippen LogP) is 9.20. The highest BCUT2D eigenvalue weighted by molar-refractivity contribution is 9.11. The van der Waals surface area contributed by atoms with Crippen LogP contribution in [0.15, 0.2) is 107 Å². The highest BCUT2D eigenvalue weighted by atomic mass is 79.9. The molecule has 6 aliphatic rings. The Morgan fingerprint density at radius 3 is 1.52 bits per heavy atom. The third kappa shape index (κ3) is 21.5. The van der Waals surface area contributed by atoms with Crippen LogP contribution in [0.4, 0.5) is 40.5 Å². The molecule has 0 saturated carbocycles. The number of nitro groups is 1. The normalized spacial score (nSPS) is 15.7. The van der Waals surface area contributed by atoms with Crippen LogP contribution in [0.1, 0.15) is 96.5 Å². The number of aryl methyl sites for hydroxylation is 3. The van der Waals surface area contributed by atoms with Crippen molar-refractivity contribution in [2.45, 2.75) is 125 Å². The number of nitrogens with one attached hydrogen (secondary N) is 2. The topological polar surface area (TPSA) is 319 Å². The lowest BCUT2D eigenvalue weighted by molar-refractivity contribution is -0.389. The molecule has 1 amide bonds. The summed E-state index contributed by atoms with van der Waals surface area (Å²) >= 11 is 9.80. The lowest BCUT2D eigenvalue weighted by Gasteiger charge is -2.31. The average molecular weight is 1740 g/mol. The number of carbonyl (C=O) groups excluding carboxylic acids is 1. The van der Waals surface area contributed by atoms with E-state index in [1.165, 1.54) is 21.5 Å². The molecule has 0 saturated heterocycles. The Bertz CT molecular complexity index is 4890. The van der Waals surface area contributed by atoms with Crippen molar-refractivity contribution >= 4 is 94.2 Å². The van der Waals surface area contributed by atoms with Crippen molar-refractivity contribution in [3.63, 3.8) is 0 Å². The number of amides is 1. The third-order valence-electron chi connectivity index (χ3n) is 20.5. The van der Waals surface area contributed by atoms with Crippen LogP contribution in [-0.4, -0.2) is 207 Å². The highest BCUT2D eigenvalue weighted by Crippen LogP contribution is 2.41. The summed E-state index contributed by atoms with van der Waals surface area (Å²) < 4.78 is 37.3. The number of nitrogens with zero attached hydrogens (tertiary/aromatic N) is 19. The van der Waals surface area contributed by atoms with Gasteiger partial charge in [0.25, 0.3) is 22.6 Å². The number of methoxy groups -OCH3 is 4. The molecule has 0 unspecified atom stereocenters. The molecule has 604 valence electrons. The van der Waals surface area contributed by atoms with Crippen LogP contribution in [0.5, 0.6) is 0 Å². The quantitative estimate of drug-likeness (QED) is 0.0288. The number of rotatable bonds is 24. The van der Waals surface area contributed by atoms with Crippen LogP contribution < -0.4 is 37.9 Å². The summed E-state index contributed by atoms with van der Waals surface area (Å²) in [6, 6.07) is 17.0. The number of hydrogen-bond acceptors (Lipinski definition) is 22. The molecule has 0 bridgehead atoms. The van der Waals surface area contributed by atoms with Crippen LogP contribution in [-0.2, 0) is 118 Å². The van der Waals surface area contributed by atoms with Gasteiger partial charge in [-0.15, -0.1) is 0 Å². The van der Waals surface area contributed by atoms with Crippen molar-refractivity contribution < 1.29 is 28.7 Å². The maximum Gasteiger partial charge on any atom is 0.390 e. The number of pyridine rings is 4. The van der Waals surface area contributed by atoms with E-state index in [0.29, 0.717) is 52.1 Å². The summed E-state index contributed by atoms with van der Waals surface area (Å²) in [5.41, 5.74) is 17.2. The Labute approximate surface area is 677 Å². The van der Waals surface area contributed by atoms with Crippen LogP contribution in [0.2, 0.25) is 0 Å². The average Bonchev–Trinajstić information content (AvgIpc) is 1.59. The van der Waals surface area contributed by atoms with Crippen molar-refractivity contribution in [1.82, 2.24) is 82.0 Å². The molecular formula is C77H105Br3N22O10. The molecule has 9 aromatic rings. The Kier molecular flexibility index (Phi) is 29.4. The Balaban J connectivity index is 0.000000156. The van der Waals surface area contributed by atoms with Gasteiger partial charge >= 0.3 is 5.82 Å². The first-order chi connectivity index (χ1) is 53.8. The fourth-order valence-corrected chi connectivity index (χ4v) is 17.0. The van der Waals surface area contributed by atoms with Crippen molar-refractivity contribution in [2.75, 3.05) is 135 Å². The molecule has 15 rings (SSSR count). The monoisotopic (exact) mass is 1730 g/mol. The molecule has 0 radical (unpaired) electrons. The minimum atomic E-state index is -0.444. The molecule has 1 aliphatic carbocycles. The van der Waals surface area contributed by atoms with Crippen molar-refractivity contribution in [3.05, 3.63) is 179 Å². The Morgan fingerprint density at radius 1 is 0.554 bits per heavy atom. The Morgan fingerprint density at radius 2 is 1.02 bits per heavy atom. The summed E-state index contributed by atoms with van der Waals surface area (Å²) in [5, 5.41) is 34.6. The zero-order valence-corrected chi connectivity index (χ0v) is 70.6. The molecule has 4 N–H and O–H groups in total. The number of nitrogens with two attached hydrogens (primary N) is 1. The van der Waals surface area contributed by atoms with Gasteiger partial charge in [0.05, 0.1) is 64.6 Å². The van der Waals surface area contributed by atoms with Crippen LogP contribution in [0, 0.1) is 15.5 Å². The van der Waals surface area contributed by atoms with E-state index in [1.807, 2.05) is 55.5 Å². The van der Waals surface area contributed by atoms with E-state index in [9.17, 15) is 29.3 Å². The summed E-state index contributed by atoms with van der Waals surface area (Å²) in [6.45, 7) is 25.7. The van der Waals surface area contributed by atoms with Crippen LogP contribution in [0.3, 0.4) is 0 Å². The van der Waals surface area contributed by atoms with Crippen LogP contribution in [0.25, 0.3) is 11.1 Å². The lowest BCUT2D eigenvalue weighted by Crippen LogP contribution is -2.41. The zero-order chi connectivity index (χ0) is 79.9. The van der Waals surface area contributed by atoms with Gasteiger partial charge in [-0.2, -0.15) is 20.0 Å². The van der Waals surface area contributed by atoms with Gasteiger partial charge in [-0.1, -0.05) is 20.8 Å². The molecule has 112 heavy (non-hydrogen) atoms. The predicted molar refractivity (Wildman–Crippen MR) is 442 cm³/mol. The lowest BCUT2D eigenvalue weighted by atomic mass is 9.90. The van der Waals surface area contributed by atoms with Crippen LogP contribution >= 0.6 is 47.8 Å². The maximum atomic E-state index is 13.9. The molecule has 0 spiro atoms. The van der Waals surface area contributed by atoms with Gasteiger partial charge in [0, 0.05) is 236 Å². The smallest absolute Gasteiger partial charge is 0.385 e. The summed E-state index contributed by atoms with van der Waals surface area (Å²) in [7, 11) is 12.1. The second-order valence-corrected chi connectivity index (χ2v) is 32.3. The van der Waals surface area contributed by atoms with Gasteiger partial charge in [0.2, 0.25) is 0 Å². The van der Waals surface area contributed by atoms with E-state index in [1.54, 1.807) is 100 Å². The SMILES string of the molecule is CCc1c(-c2cc(Nc3cc4n(n3)CCN(CCCOC)C4)c(=O)n(C)c2)ccnc1N1CCn2c(cc3c2CC(C)(C)C3)C1=O.COCCCN1CCn2nc(N)cc2C1.COCCCN1CCn2nc(Nc3cc(Br)cn(C)c3=O)cc2C1.COCCCN1CCn2nc([N+](=O)[O-])cc2C1.Cn1cc(Br)cc(Br)c1=O. The second kappa shape index (κ2) is 39.0. The molecule has 9 aromatic heterocycles. The molecule has 0 fully saturated rings. The third-order valence-corrected chi connectivity index (χ3v) is 22.0. The van der Waals surface area contributed by atoms with Crippen molar-refractivity contribution in [2.24, 2.45) is 26.6 Å². The zero-order valence-electron chi connectivity index (χ0n) is 65.8. The fraction of sp³-hybridized carbons (Fsp3) is 0.519. The molecule has 14 heterocycles. The number of ether oxygens (including phenoxy) is 4. The number of anilines is 6. The first-order valence-electron chi connectivity index (χ1n) is 38.0.